The van der Waals surface area contributed by atoms with E-state index in [0.717, 1.165) is 22.6 Å². The molecule has 3 heteroatoms. The number of nitrogens with one attached hydrogen (secondary N) is 1. The first-order valence-electron chi connectivity index (χ1n) is 7.03. The number of halogens is 1. The summed E-state index contributed by atoms with van der Waals surface area (Å²) in [4.78, 5) is 0.850. The smallest absolute Gasteiger partial charge is 0.137 e. The summed E-state index contributed by atoms with van der Waals surface area (Å²) in [6.07, 6.45) is 1.09. The molecule has 1 aliphatic heterocycles. The van der Waals surface area contributed by atoms with Gasteiger partial charge in [0.2, 0.25) is 0 Å². The fraction of sp³-hybridized carbons (Fsp3) is 0.625. The van der Waals surface area contributed by atoms with Gasteiger partial charge in [0.15, 0.2) is 0 Å². The Labute approximate surface area is 119 Å². The zero-order valence-electron chi connectivity index (χ0n) is 12.1. The SMILES string of the molecule is CC1(C)C(NC2CCSc3c(F)cccc32)C1(C)C. The fourth-order valence-electron chi connectivity index (χ4n) is 3.37. The van der Waals surface area contributed by atoms with Gasteiger partial charge in [0, 0.05) is 17.0 Å². The monoisotopic (exact) mass is 279 g/mol. The maximum absolute atomic E-state index is 13.9. The molecule has 1 fully saturated rings. The second-order valence-electron chi connectivity index (χ2n) is 6.89. The summed E-state index contributed by atoms with van der Waals surface area (Å²) < 4.78 is 13.9. The highest BCUT2D eigenvalue weighted by atomic mass is 32.2. The van der Waals surface area contributed by atoms with Crippen LogP contribution in [0.3, 0.4) is 0 Å². The van der Waals surface area contributed by atoms with Gasteiger partial charge < -0.3 is 5.32 Å². The van der Waals surface area contributed by atoms with Crippen LogP contribution in [0.15, 0.2) is 23.1 Å². The summed E-state index contributed by atoms with van der Waals surface area (Å²) in [6, 6.07) is 6.30. The van der Waals surface area contributed by atoms with E-state index < -0.39 is 0 Å². The molecule has 1 aliphatic carbocycles. The van der Waals surface area contributed by atoms with Crippen molar-refractivity contribution in [1.29, 1.82) is 0 Å². The van der Waals surface area contributed by atoms with Crippen molar-refractivity contribution >= 4 is 11.8 Å². The van der Waals surface area contributed by atoms with Gasteiger partial charge in [-0.1, -0.05) is 39.8 Å². The van der Waals surface area contributed by atoms with Crippen LogP contribution in [0, 0.1) is 16.6 Å². The summed E-state index contributed by atoms with van der Waals surface area (Å²) in [5.41, 5.74) is 1.80. The maximum Gasteiger partial charge on any atom is 0.137 e. The van der Waals surface area contributed by atoms with Gasteiger partial charge in [0.05, 0.1) is 0 Å². The molecule has 0 bridgehead atoms. The van der Waals surface area contributed by atoms with Crippen molar-refractivity contribution in [1.82, 2.24) is 5.32 Å². The van der Waals surface area contributed by atoms with Crippen LogP contribution in [-0.4, -0.2) is 11.8 Å². The van der Waals surface area contributed by atoms with Gasteiger partial charge in [-0.2, -0.15) is 0 Å². The van der Waals surface area contributed by atoms with E-state index in [9.17, 15) is 4.39 Å². The molecule has 1 atom stereocenters. The van der Waals surface area contributed by atoms with Crippen molar-refractivity contribution in [2.75, 3.05) is 5.75 Å². The molecular formula is C16H22FNS. The van der Waals surface area contributed by atoms with Crippen molar-refractivity contribution in [3.05, 3.63) is 29.6 Å². The minimum absolute atomic E-state index is 0.0664. The number of hydrogen-bond donors (Lipinski definition) is 1. The minimum atomic E-state index is -0.0664. The Balaban J connectivity index is 1.84. The Bertz CT molecular complexity index is 495. The third-order valence-corrected chi connectivity index (χ3v) is 6.57. The van der Waals surface area contributed by atoms with Crippen LogP contribution in [0.25, 0.3) is 0 Å². The topological polar surface area (TPSA) is 12.0 Å². The molecule has 1 saturated carbocycles. The summed E-state index contributed by atoms with van der Waals surface area (Å²) in [7, 11) is 0. The van der Waals surface area contributed by atoms with Crippen LogP contribution < -0.4 is 5.32 Å². The van der Waals surface area contributed by atoms with Crippen LogP contribution in [0.4, 0.5) is 4.39 Å². The van der Waals surface area contributed by atoms with Gasteiger partial charge in [-0.15, -0.1) is 11.8 Å². The second kappa shape index (κ2) is 4.23. The first kappa shape index (κ1) is 13.4. The van der Waals surface area contributed by atoms with E-state index in [4.69, 9.17) is 0 Å². The molecular weight excluding hydrogens is 257 g/mol. The van der Waals surface area contributed by atoms with E-state index in [1.807, 2.05) is 6.07 Å². The molecule has 19 heavy (non-hydrogen) atoms. The fourth-order valence-corrected chi connectivity index (χ4v) is 4.51. The highest BCUT2D eigenvalue weighted by molar-refractivity contribution is 7.99. The highest BCUT2D eigenvalue weighted by Crippen LogP contribution is 2.63. The molecule has 0 radical (unpaired) electrons. The van der Waals surface area contributed by atoms with Crippen LogP contribution >= 0.6 is 11.8 Å². The molecule has 0 aromatic heterocycles. The van der Waals surface area contributed by atoms with Gasteiger partial charge >= 0.3 is 0 Å². The number of thioether (sulfide) groups is 1. The second-order valence-corrected chi connectivity index (χ2v) is 8.00. The van der Waals surface area contributed by atoms with Crippen molar-refractivity contribution in [2.45, 2.75) is 51.1 Å². The Hall–Kier alpha value is -0.540. The van der Waals surface area contributed by atoms with Gasteiger partial charge in [0.25, 0.3) is 0 Å². The largest absolute Gasteiger partial charge is 0.306 e. The van der Waals surface area contributed by atoms with Gasteiger partial charge in [0.1, 0.15) is 5.82 Å². The van der Waals surface area contributed by atoms with Crippen LogP contribution in [0.2, 0.25) is 0 Å². The summed E-state index contributed by atoms with van der Waals surface area (Å²) in [5, 5.41) is 3.78. The van der Waals surface area contributed by atoms with Gasteiger partial charge in [-0.25, -0.2) is 4.39 Å². The van der Waals surface area contributed by atoms with Crippen molar-refractivity contribution in [3.63, 3.8) is 0 Å². The molecule has 1 nitrogen and oxygen atoms in total. The minimum Gasteiger partial charge on any atom is -0.306 e. The lowest BCUT2D eigenvalue weighted by Crippen LogP contribution is -2.30. The standard InChI is InChI=1S/C16H22FNS/c1-15(2)14(16(15,3)4)18-12-8-9-19-13-10(12)6-5-7-11(13)17/h5-7,12,14,18H,8-9H2,1-4H3. The molecule has 0 saturated heterocycles. The average molecular weight is 279 g/mol. The molecule has 1 N–H and O–H groups in total. The molecule has 0 amide bonds. The van der Waals surface area contributed by atoms with E-state index in [1.165, 1.54) is 0 Å². The molecule has 1 unspecified atom stereocenters. The lowest BCUT2D eigenvalue weighted by molar-refractivity contribution is 0.449. The molecule has 3 rings (SSSR count). The highest BCUT2D eigenvalue weighted by Gasteiger charge is 2.65. The molecule has 1 aromatic carbocycles. The number of rotatable bonds is 2. The summed E-state index contributed by atoms with van der Waals surface area (Å²) >= 11 is 1.65. The Morgan fingerprint density at radius 1 is 1.21 bits per heavy atom. The zero-order valence-corrected chi connectivity index (χ0v) is 12.9. The van der Waals surface area contributed by atoms with Gasteiger partial charge in [-0.05, 0) is 34.6 Å². The summed E-state index contributed by atoms with van der Waals surface area (Å²) in [5.74, 6) is 0.933. The molecule has 104 valence electrons. The number of benzene rings is 1. The van der Waals surface area contributed by atoms with Crippen molar-refractivity contribution in [2.24, 2.45) is 10.8 Å². The third-order valence-electron chi connectivity index (χ3n) is 5.41. The van der Waals surface area contributed by atoms with Crippen molar-refractivity contribution in [3.8, 4) is 0 Å². The third kappa shape index (κ3) is 1.93. The van der Waals surface area contributed by atoms with Crippen molar-refractivity contribution < 1.29 is 4.39 Å². The summed E-state index contributed by atoms with van der Waals surface area (Å²) in [6.45, 7) is 9.26. The van der Waals surface area contributed by atoms with E-state index >= 15 is 0 Å². The van der Waals surface area contributed by atoms with E-state index in [2.05, 4.69) is 39.1 Å². The quantitative estimate of drug-likeness (QED) is 0.862. The predicted molar refractivity (Wildman–Crippen MR) is 79.0 cm³/mol. The van der Waals surface area contributed by atoms with E-state index in [1.54, 1.807) is 17.8 Å². The molecule has 1 aromatic rings. The normalized spacial score (nSPS) is 27.9. The number of hydrogen-bond acceptors (Lipinski definition) is 2. The van der Waals surface area contributed by atoms with Gasteiger partial charge in [-0.3, -0.25) is 0 Å². The lowest BCUT2D eigenvalue weighted by atomic mass is 10.0. The molecule has 0 spiro atoms. The van der Waals surface area contributed by atoms with Crippen LogP contribution in [0.5, 0.6) is 0 Å². The van der Waals surface area contributed by atoms with Crippen LogP contribution in [0.1, 0.15) is 45.7 Å². The first-order chi connectivity index (χ1) is 8.85. The Morgan fingerprint density at radius 2 is 1.89 bits per heavy atom. The van der Waals surface area contributed by atoms with E-state index in [-0.39, 0.29) is 5.82 Å². The maximum atomic E-state index is 13.9. The molecule has 2 aliphatic rings. The lowest BCUT2D eigenvalue weighted by Gasteiger charge is -2.27. The zero-order chi connectivity index (χ0) is 13.8. The predicted octanol–water partition coefficient (Wildman–Crippen LogP) is 4.39. The first-order valence-corrected chi connectivity index (χ1v) is 8.01. The Kier molecular flexibility index (Phi) is 2.99. The number of fused-ring (bicyclic) bond motifs is 1. The van der Waals surface area contributed by atoms with E-state index in [0.29, 0.717) is 22.9 Å². The molecule has 1 heterocycles. The van der Waals surface area contributed by atoms with Crippen LogP contribution in [-0.2, 0) is 0 Å². The Morgan fingerprint density at radius 3 is 2.53 bits per heavy atom. The average Bonchev–Trinajstić information content (AvgIpc) is 2.73.